The first-order valence-electron chi connectivity index (χ1n) is 4.83. The quantitative estimate of drug-likeness (QED) is 0.261. The molecule has 2 N–H and O–H groups in total. The second-order valence-corrected chi connectivity index (χ2v) is 6.87. The molecule has 0 amide bonds. The van der Waals surface area contributed by atoms with Crippen molar-refractivity contribution >= 4 is 80.4 Å². The predicted molar refractivity (Wildman–Crippen MR) is 79.8 cm³/mol. The Balaban J connectivity index is 2.64. The topological polar surface area (TPSA) is 40.5 Å². The molecule has 1 aliphatic carbocycles. The van der Waals surface area contributed by atoms with Crippen LogP contribution in [0.2, 0.25) is 20.1 Å². The minimum atomic E-state index is -1.42. The Morgan fingerprint density at radius 1 is 0.632 bits per heavy atom. The van der Waals surface area contributed by atoms with Crippen LogP contribution in [0.5, 0.6) is 11.5 Å². The normalized spacial score (nSPS) is 15.7. The van der Waals surface area contributed by atoms with Gasteiger partial charge in [0, 0.05) is 21.9 Å². The van der Waals surface area contributed by atoms with Gasteiger partial charge in [0.2, 0.25) is 0 Å². The van der Waals surface area contributed by atoms with E-state index in [1.807, 2.05) is 0 Å². The minimum Gasteiger partial charge on any atom is -0.504 e. The zero-order valence-corrected chi connectivity index (χ0v) is 13.2. The number of phenols is 2. The molecule has 0 radical (unpaired) electrons. The Hall–Kier alpha value is 0.0400. The molecule has 0 unspecified atom stereocenters. The van der Waals surface area contributed by atoms with Gasteiger partial charge >= 0.3 is 0 Å². The number of halogens is 6. The van der Waals surface area contributed by atoms with Crippen LogP contribution >= 0.6 is 69.6 Å². The van der Waals surface area contributed by atoms with Crippen molar-refractivity contribution in [3.63, 3.8) is 0 Å². The van der Waals surface area contributed by atoms with Crippen LogP contribution in [0.1, 0.15) is 11.1 Å². The number of alkyl halides is 2. The van der Waals surface area contributed by atoms with E-state index in [2.05, 4.69) is 0 Å². The molecular formula is C11H2Cl6O2. The van der Waals surface area contributed by atoms with Crippen LogP contribution in [0.4, 0.5) is 0 Å². The summed E-state index contributed by atoms with van der Waals surface area (Å²) in [7, 11) is 0. The van der Waals surface area contributed by atoms with Crippen LogP contribution in [0.15, 0.2) is 0 Å². The lowest BCUT2D eigenvalue weighted by molar-refractivity contribution is 0.407. The molecule has 8 heteroatoms. The summed E-state index contributed by atoms with van der Waals surface area (Å²) in [4.78, 5) is 0. The lowest BCUT2D eigenvalue weighted by atomic mass is 10.1. The molecular weight excluding hydrogens is 377 g/mol. The molecule has 19 heavy (non-hydrogen) atoms. The summed E-state index contributed by atoms with van der Waals surface area (Å²) in [5, 5.41) is 20.3. The molecule has 0 saturated heterocycles. The van der Waals surface area contributed by atoms with Crippen LogP contribution in [-0.2, 0) is 4.33 Å². The van der Waals surface area contributed by atoms with Gasteiger partial charge in [-0.3, -0.25) is 0 Å². The molecule has 0 heterocycles. The Kier molecular flexibility index (Phi) is 2.97. The van der Waals surface area contributed by atoms with Gasteiger partial charge in [-0.15, -0.1) is 0 Å². The predicted octanol–water partition coefficient (Wildman–Crippen LogP) is 5.86. The third-order valence-electron chi connectivity index (χ3n) is 3.03. The Morgan fingerprint density at radius 3 is 1.63 bits per heavy atom. The van der Waals surface area contributed by atoms with E-state index in [-0.39, 0.29) is 36.4 Å². The number of fused-ring (bicyclic) bond motifs is 3. The van der Waals surface area contributed by atoms with Gasteiger partial charge in [-0.25, -0.2) is 0 Å². The maximum Gasteiger partial charge on any atom is 0.173 e. The highest BCUT2D eigenvalue weighted by Crippen LogP contribution is 2.68. The third kappa shape index (κ3) is 1.59. The second kappa shape index (κ2) is 4.03. The zero-order chi connectivity index (χ0) is 14.3. The average Bonchev–Trinajstić information content (AvgIpc) is 2.91. The van der Waals surface area contributed by atoms with Gasteiger partial charge in [-0.1, -0.05) is 69.6 Å². The highest BCUT2D eigenvalue weighted by atomic mass is 35.5. The van der Waals surface area contributed by atoms with Gasteiger partial charge in [0.15, 0.2) is 15.8 Å². The third-order valence-corrected chi connectivity index (χ3v) is 5.59. The summed E-state index contributed by atoms with van der Waals surface area (Å²) in [6.07, 6.45) is 0. The molecule has 0 fully saturated rings. The molecule has 0 saturated carbocycles. The highest BCUT2D eigenvalue weighted by Gasteiger charge is 2.54. The number of phenolic OH excluding ortho intramolecular Hbond substituents is 2. The number of rotatable bonds is 0. The minimum absolute atomic E-state index is 0.0223. The largest absolute Gasteiger partial charge is 0.504 e. The summed E-state index contributed by atoms with van der Waals surface area (Å²) in [5.41, 5.74) is 0.559. The van der Waals surface area contributed by atoms with E-state index in [0.717, 1.165) is 0 Å². The van der Waals surface area contributed by atoms with Crippen molar-refractivity contribution in [2.24, 2.45) is 0 Å². The molecule has 3 rings (SSSR count). The number of hydrogen-bond acceptors (Lipinski definition) is 2. The van der Waals surface area contributed by atoms with Crippen LogP contribution in [0, 0.1) is 0 Å². The Bertz CT molecular complexity index is 768. The summed E-state index contributed by atoms with van der Waals surface area (Å²) >= 11 is 36.1. The first-order chi connectivity index (χ1) is 8.71. The Morgan fingerprint density at radius 2 is 1.11 bits per heavy atom. The van der Waals surface area contributed by atoms with Gasteiger partial charge in [-0.2, -0.15) is 0 Å². The van der Waals surface area contributed by atoms with Crippen molar-refractivity contribution in [2.45, 2.75) is 4.33 Å². The zero-order valence-electron chi connectivity index (χ0n) is 8.66. The molecule has 100 valence electrons. The van der Waals surface area contributed by atoms with E-state index in [1.165, 1.54) is 0 Å². The van der Waals surface area contributed by atoms with E-state index < -0.39 is 15.8 Å². The molecule has 2 aromatic rings. The summed E-state index contributed by atoms with van der Waals surface area (Å²) < 4.78 is -1.42. The van der Waals surface area contributed by atoms with Gasteiger partial charge in [-0.05, 0) is 0 Å². The number of hydrogen-bond donors (Lipinski definition) is 2. The Labute approximate surface area is 137 Å². The van der Waals surface area contributed by atoms with Gasteiger partial charge in [0.25, 0.3) is 0 Å². The van der Waals surface area contributed by atoms with E-state index in [4.69, 9.17) is 69.6 Å². The maximum atomic E-state index is 10.0. The highest BCUT2D eigenvalue weighted by molar-refractivity contribution is 6.59. The molecule has 0 atom stereocenters. The van der Waals surface area contributed by atoms with E-state index in [0.29, 0.717) is 5.56 Å². The number of benzene rings is 2. The molecule has 2 nitrogen and oxygen atoms in total. The average molecular weight is 379 g/mol. The van der Waals surface area contributed by atoms with E-state index in [1.54, 1.807) is 0 Å². The standard InChI is InChI=1S/C11H2Cl6O2/c12-5-1-2(6(13)8(15)7(5)14)9(18)10(19)4-3(1)11(4,16)17/h18-19H. The van der Waals surface area contributed by atoms with Crippen LogP contribution < -0.4 is 0 Å². The van der Waals surface area contributed by atoms with Crippen LogP contribution in [-0.4, -0.2) is 10.2 Å². The first kappa shape index (κ1) is 14.0. The molecule has 0 spiro atoms. The molecule has 2 aromatic carbocycles. The molecule has 0 aliphatic heterocycles. The smallest absolute Gasteiger partial charge is 0.173 e. The van der Waals surface area contributed by atoms with Crippen LogP contribution in [0.25, 0.3) is 10.8 Å². The van der Waals surface area contributed by atoms with Gasteiger partial charge in [0.1, 0.15) is 0 Å². The molecule has 0 aromatic heterocycles. The maximum absolute atomic E-state index is 10.0. The van der Waals surface area contributed by atoms with Crippen LogP contribution in [0.3, 0.4) is 0 Å². The second-order valence-electron chi connectivity index (χ2n) is 4.03. The fourth-order valence-electron chi connectivity index (χ4n) is 2.11. The molecule has 1 aliphatic rings. The van der Waals surface area contributed by atoms with E-state index in [9.17, 15) is 10.2 Å². The van der Waals surface area contributed by atoms with Crippen molar-refractivity contribution in [1.82, 2.24) is 0 Å². The molecule has 0 bridgehead atoms. The van der Waals surface area contributed by atoms with Crippen molar-refractivity contribution < 1.29 is 10.2 Å². The summed E-state index contributed by atoms with van der Waals surface area (Å²) in [5.74, 6) is -0.925. The van der Waals surface area contributed by atoms with E-state index >= 15 is 0 Å². The van der Waals surface area contributed by atoms with Crippen molar-refractivity contribution in [3.8, 4) is 11.5 Å². The monoisotopic (exact) mass is 376 g/mol. The van der Waals surface area contributed by atoms with Gasteiger partial charge < -0.3 is 10.2 Å². The lowest BCUT2D eigenvalue weighted by Gasteiger charge is -2.10. The van der Waals surface area contributed by atoms with Crippen molar-refractivity contribution in [1.29, 1.82) is 0 Å². The number of aromatic hydroxyl groups is 2. The van der Waals surface area contributed by atoms with Crippen molar-refractivity contribution in [3.05, 3.63) is 31.2 Å². The lowest BCUT2D eigenvalue weighted by Crippen LogP contribution is -1.84. The van der Waals surface area contributed by atoms with Gasteiger partial charge in [0.05, 0.1) is 20.1 Å². The summed E-state index contributed by atoms with van der Waals surface area (Å²) in [6, 6.07) is 0. The fourth-order valence-corrected chi connectivity index (χ4v) is 3.80. The van der Waals surface area contributed by atoms with Crippen molar-refractivity contribution in [2.75, 3.05) is 0 Å². The fraction of sp³-hybridized carbons (Fsp3) is 0.0909. The summed E-state index contributed by atoms with van der Waals surface area (Å²) in [6.45, 7) is 0. The first-order valence-corrected chi connectivity index (χ1v) is 7.10. The SMILES string of the molecule is Oc1c2c(c3c(Cl)c(Cl)c(Cl)c(Cl)c3c1O)C2(Cl)Cl.